The SMILES string of the molecule is CC(C)(CO)CNC1CC(c2ccccc2)C1. The molecular weight excluding hydrogens is 210 g/mol. The molecule has 0 spiro atoms. The molecule has 1 fully saturated rings. The normalized spacial score (nSPS) is 24.4. The molecule has 0 saturated heterocycles. The Kier molecular flexibility index (Phi) is 3.85. The third kappa shape index (κ3) is 3.30. The summed E-state index contributed by atoms with van der Waals surface area (Å²) in [5.41, 5.74) is 1.46. The maximum absolute atomic E-state index is 9.19. The Bertz CT molecular complexity index is 341. The lowest BCUT2D eigenvalue weighted by atomic mass is 9.75. The van der Waals surface area contributed by atoms with Crippen molar-refractivity contribution in [3.8, 4) is 0 Å². The summed E-state index contributed by atoms with van der Waals surface area (Å²) >= 11 is 0. The van der Waals surface area contributed by atoms with E-state index in [4.69, 9.17) is 0 Å². The Labute approximate surface area is 104 Å². The first-order valence-corrected chi connectivity index (χ1v) is 6.50. The van der Waals surface area contributed by atoms with Crippen LogP contribution in [0.15, 0.2) is 30.3 Å². The summed E-state index contributed by atoms with van der Waals surface area (Å²) < 4.78 is 0. The highest BCUT2D eigenvalue weighted by Crippen LogP contribution is 2.36. The van der Waals surface area contributed by atoms with Crippen molar-refractivity contribution >= 4 is 0 Å². The average Bonchev–Trinajstić information content (AvgIpc) is 2.28. The van der Waals surface area contributed by atoms with Crippen molar-refractivity contribution in [1.29, 1.82) is 0 Å². The van der Waals surface area contributed by atoms with Gasteiger partial charge in [-0.15, -0.1) is 0 Å². The van der Waals surface area contributed by atoms with Gasteiger partial charge in [-0.05, 0) is 24.3 Å². The predicted molar refractivity (Wildman–Crippen MR) is 71.1 cm³/mol. The predicted octanol–water partition coefficient (Wildman–Crippen LogP) is 2.54. The fourth-order valence-corrected chi connectivity index (χ4v) is 2.26. The van der Waals surface area contributed by atoms with Crippen molar-refractivity contribution in [3.63, 3.8) is 0 Å². The van der Waals surface area contributed by atoms with Crippen molar-refractivity contribution in [3.05, 3.63) is 35.9 Å². The van der Waals surface area contributed by atoms with Crippen LogP contribution in [0.3, 0.4) is 0 Å². The molecule has 0 unspecified atom stereocenters. The molecule has 0 heterocycles. The van der Waals surface area contributed by atoms with E-state index in [1.165, 1.54) is 18.4 Å². The van der Waals surface area contributed by atoms with Gasteiger partial charge in [-0.3, -0.25) is 0 Å². The van der Waals surface area contributed by atoms with Crippen LogP contribution in [0.25, 0.3) is 0 Å². The minimum Gasteiger partial charge on any atom is -0.396 e. The third-order valence-electron chi connectivity index (χ3n) is 3.71. The van der Waals surface area contributed by atoms with Gasteiger partial charge in [-0.2, -0.15) is 0 Å². The van der Waals surface area contributed by atoms with E-state index < -0.39 is 0 Å². The van der Waals surface area contributed by atoms with Crippen LogP contribution in [0.5, 0.6) is 0 Å². The van der Waals surface area contributed by atoms with E-state index in [2.05, 4.69) is 49.5 Å². The summed E-state index contributed by atoms with van der Waals surface area (Å²) in [6, 6.07) is 11.4. The van der Waals surface area contributed by atoms with Gasteiger partial charge >= 0.3 is 0 Å². The summed E-state index contributed by atoms with van der Waals surface area (Å²) in [7, 11) is 0. The first-order valence-electron chi connectivity index (χ1n) is 6.50. The first-order chi connectivity index (χ1) is 8.11. The van der Waals surface area contributed by atoms with Crippen molar-refractivity contribution in [2.75, 3.05) is 13.2 Å². The van der Waals surface area contributed by atoms with Crippen LogP contribution >= 0.6 is 0 Å². The molecule has 0 bridgehead atoms. The average molecular weight is 233 g/mol. The van der Waals surface area contributed by atoms with Crippen molar-refractivity contribution in [2.45, 2.75) is 38.6 Å². The second-order valence-corrected chi connectivity index (χ2v) is 5.98. The summed E-state index contributed by atoms with van der Waals surface area (Å²) in [6.07, 6.45) is 2.46. The lowest BCUT2D eigenvalue weighted by molar-refractivity contribution is 0.143. The van der Waals surface area contributed by atoms with Gasteiger partial charge in [0.15, 0.2) is 0 Å². The quantitative estimate of drug-likeness (QED) is 0.819. The van der Waals surface area contributed by atoms with Crippen LogP contribution in [0.2, 0.25) is 0 Å². The minimum atomic E-state index is -0.00215. The fraction of sp³-hybridized carbons (Fsp3) is 0.600. The number of hydrogen-bond acceptors (Lipinski definition) is 2. The molecule has 2 nitrogen and oxygen atoms in total. The Hall–Kier alpha value is -0.860. The molecule has 17 heavy (non-hydrogen) atoms. The largest absolute Gasteiger partial charge is 0.396 e. The number of nitrogens with one attached hydrogen (secondary N) is 1. The van der Waals surface area contributed by atoms with Crippen molar-refractivity contribution in [1.82, 2.24) is 5.32 Å². The molecule has 94 valence electrons. The number of hydrogen-bond donors (Lipinski definition) is 2. The van der Waals surface area contributed by atoms with Crippen LogP contribution in [-0.4, -0.2) is 24.3 Å². The van der Waals surface area contributed by atoms with E-state index in [-0.39, 0.29) is 12.0 Å². The van der Waals surface area contributed by atoms with Crippen LogP contribution < -0.4 is 5.32 Å². The van der Waals surface area contributed by atoms with Crippen LogP contribution in [-0.2, 0) is 0 Å². The van der Waals surface area contributed by atoms with Gasteiger partial charge < -0.3 is 10.4 Å². The van der Waals surface area contributed by atoms with E-state index >= 15 is 0 Å². The van der Waals surface area contributed by atoms with Gasteiger partial charge in [0.25, 0.3) is 0 Å². The van der Waals surface area contributed by atoms with E-state index in [9.17, 15) is 5.11 Å². The molecule has 1 aromatic carbocycles. The van der Waals surface area contributed by atoms with Crippen LogP contribution in [0.1, 0.15) is 38.2 Å². The van der Waals surface area contributed by atoms with Crippen molar-refractivity contribution < 1.29 is 5.11 Å². The van der Waals surface area contributed by atoms with E-state index in [1.807, 2.05) is 0 Å². The molecule has 0 atom stereocenters. The topological polar surface area (TPSA) is 32.3 Å². The molecule has 1 aliphatic carbocycles. The van der Waals surface area contributed by atoms with Gasteiger partial charge in [0.05, 0.1) is 0 Å². The first kappa shape index (κ1) is 12.6. The molecule has 2 rings (SSSR count). The molecule has 0 amide bonds. The Balaban J connectivity index is 1.73. The zero-order chi connectivity index (χ0) is 12.3. The zero-order valence-electron chi connectivity index (χ0n) is 10.8. The van der Waals surface area contributed by atoms with E-state index in [0.717, 1.165) is 12.5 Å². The zero-order valence-corrected chi connectivity index (χ0v) is 10.8. The van der Waals surface area contributed by atoms with Gasteiger partial charge in [0.1, 0.15) is 0 Å². The second-order valence-electron chi connectivity index (χ2n) is 5.98. The minimum absolute atomic E-state index is 0.00215. The third-order valence-corrected chi connectivity index (χ3v) is 3.71. The molecule has 0 radical (unpaired) electrons. The molecule has 0 aromatic heterocycles. The number of benzene rings is 1. The smallest absolute Gasteiger partial charge is 0.0494 e. The van der Waals surface area contributed by atoms with E-state index in [0.29, 0.717) is 6.04 Å². The van der Waals surface area contributed by atoms with Gasteiger partial charge in [0, 0.05) is 24.6 Å². The van der Waals surface area contributed by atoms with Crippen molar-refractivity contribution in [2.24, 2.45) is 5.41 Å². The summed E-state index contributed by atoms with van der Waals surface area (Å²) in [6.45, 7) is 5.32. The lowest BCUT2D eigenvalue weighted by Gasteiger charge is -2.38. The van der Waals surface area contributed by atoms with Crippen LogP contribution in [0, 0.1) is 5.41 Å². The van der Waals surface area contributed by atoms with Gasteiger partial charge in [-0.1, -0.05) is 44.2 Å². The number of rotatable bonds is 5. The highest BCUT2D eigenvalue weighted by atomic mass is 16.3. The molecule has 1 aromatic rings. The molecule has 1 saturated carbocycles. The Morgan fingerprint density at radius 2 is 1.88 bits per heavy atom. The molecular formula is C15H23NO. The molecule has 1 aliphatic rings. The summed E-state index contributed by atoms with van der Waals surface area (Å²) in [5.74, 6) is 0.728. The maximum Gasteiger partial charge on any atom is 0.0494 e. The molecule has 0 aliphatic heterocycles. The number of aliphatic hydroxyl groups excluding tert-OH is 1. The highest BCUT2D eigenvalue weighted by molar-refractivity contribution is 5.22. The highest BCUT2D eigenvalue weighted by Gasteiger charge is 2.30. The van der Waals surface area contributed by atoms with Gasteiger partial charge in [-0.25, -0.2) is 0 Å². The molecule has 2 heteroatoms. The Morgan fingerprint density at radius 1 is 1.24 bits per heavy atom. The fourth-order valence-electron chi connectivity index (χ4n) is 2.26. The maximum atomic E-state index is 9.19. The summed E-state index contributed by atoms with van der Waals surface area (Å²) in [5, 5.41) is 12.7. The van der Waals surface area contributed by atoms with Crippen LogP contribution in [0.4, 0.5) is 0 Å². The van der Waals surface area contributed by atoms with Gasteiger partial charge in [0.2, 0.25) is 0 Å². The molecule has 2 N–H and O–H groups in total. The van der Waals surface area contributed by atoms with E-state index in [1.54, 1.807) is 0 Å². The number of aliphatic hydroxyl groups is 1. The standard InChI is InChI=1S/C15H23NO/c1-15(2,11-17)10-16-14-8-13(9-14)12-6-4-3-5-7-12/h3-7,13-14,16-17H,8-11H2,1-2H3. The second kappa shape index (κ2) is 5.19. The summed E-state index contributed by atoms with van der Waals surface area (Å²) in [4.78, 5) is 0. The lowest BCUT2D eigenvalue weighted by Crippen LogP contribution is -2.44. The Morgan fingerprint density at radius 3 is 2.47 bits per heavy atom. The monoisotopic (exact) mass is 233 g/mol.